The highest BCUT2D eigenvalue weighted by atomic mass is 15.1. The van der Waals surface area contributed by atoms with Crippen LogP contribution < -0.4 is 5.32 Å². The summed E-state index contributed by atoms with van der Waals surface area (Å²) in [6, 6.07) is 4.92. The van der Waals surface area contributed by atoms with Crippen molar-refractivity contribution in [1.29, 1.82) is 0 Å². The van der Waals surface area contributed by atoms with Gasteiger partial charge in [-0.1, -0.05) is 19.9 Å². The molecule has 96 valence electrons. The van der Waals surface area contributed by atoms with Gasteiger partial charge in [0.1, 0.15) is 0 Å². The first-order chi connectivity index (χ1) is 8.65. The van der Waals surface area contributed by atoms with E-state index in [0.29, 0.717) is 12.0 Å². The Morgan fingerprint density at radius 2 is 2.22 bits per heavy atom. The van der Waals surface area contributed by atoms with Crippen molar-refractivity contribution in [3.8, 4) is 0 Å². The van der Waals surface area contributed by atoms with Crippen LogP contribution in [0.25, 0.3) is 10.9 Å². The summed E-state index contributed by atoms with van der Waals surface area (Å²) < 4.78 is 0. The monoisotopic (exact) mass is 243 g/mol. The number of benzene rings is 1. The first-order valence-electron chi connectivity index (χ1n) is 6.86. The number of nitrogens with one attached hydrogen (secondary N) is 2. The Morgan fingerprint density at radius 3 is 3.00 bits per heavy atom. The molecule has 3 nitrogen and oxygen atoms in total. The maximum atomic E-state index is 4.46. The third-order valence-corrected chi connectivity index (χ3v) is 3.76. The minimum absolute atomic E-state index is 0.560. The SMILES string of the molecule is CC(C)Cc1[nH]nc2ccc3c(c12)CC(C)NC3. The standard InChI is InChI=1S/C15H21N3/c1-9(2)6-14-15-12-7-10(3)16-8-11(12)4-5-13(15)17-18-14/h4-5,9-10,16H,6-8H2,1-3H3,(H,17,18). The van der Waals surface area contributed by atoms with E-state index in [1.165, 1.54) is 22.2 Å². The van der Waals surface area contributed by atoms with E-state index in [1.807, 2.05) is 0 Å². The van der Waals surface area contributed by atoms with Crippen molar-refractivity contribution < 1.29 is 0 Å². The first kappa shape index (κ1) is 11.7. The largest absolute Gasteiger partial charge is 0.310 e. The number of rotatable bonds is 2. The summed E-state index contributed by atoms with van der Waals surface area (Å²) in [5, 5.41) is 12.6. The number of H-pyrrole nitrogens is 1. The van der Waals surface area contributed by atoms with Crippen molar-refractivity contribution in [3.05, 3.63) is 29.0 Å². The van der Waals surface area contributed by atoms with E-state index in [2.05, 4.69) is 48.4 Å². The lowest BCUT2D eigenvalue weighted by Gasteiger charge is -2.24. The number of hydrogen-bond donors (Lipinski definition) is 2. The van der Waals surface area contributed by atoms with Gasteiger partial charge in [0.15, 0.2) is 0 Å². The lowest BCUT2D eigenvalue weighted by molar-refractivity contribution is 0.516. The summed E-state index contributed by atoms with van der Waals surface area (Å²) in [5.41, 5.74) is 5.37. The van der Waals surface area contributed by atoms with E-state index < -0.39 is 0 Å². The second kappa shape index (κ2) is 4.39. The summed E-state index contributed by atoms with van der Waals surface area (Å²) in [7, 11) is 0. The molecular formula is C15H21N3. The minimum Gasteiger partial charge on any atom is -0.310 e. The number of aromatic amines is 1. The maximum Gasteiger partial charge on any atom is 0.0926 e. The summed E-state index contributed by atoms with van der Waals surface area (Å²) >= 11 is 0. The van der Waals surface area contributed by atoms with Crippen LogP contribution >= 0.6 is 0 Å². The Hall–Kier alpha value is -1.35. The third kappa shape index (κ3) is 1.93. The number of aromatic nitrogens is 2. The van der Waals surface area contributed by atoms with E-state index >= 15 is 0 Å². The van der Waals surface area contributed by atoms with Crippen molar-refractivity contribution in [2.75, 3.05) is 0 Å². The van der Waals surface area contributed by atoms with Crippen molar-refractivity contribution in [2.24, 2.45) is 5.92 Å². The fraction of sp³-hybridized carbons (Fsp3) is 0.533. The molecule has 0 fully saturated rings. The van der Waals surface area contributed by atoms with Crippen molar-refractivity contribution in [2.45, 2.75) is 46.2 Å². The Bertz CT molecular complexity index is 568. The predicted octanol–water partition coefficient (Wildman–Crippen LogP) is 2.80. The summed E-state index contributed by atoms with van der Waals surface area (Å²) in [6.45, 7) is 7.75. The van der Waals surface area contributed by atoms with Gasteiger partial charge in [-0.2, -0.15) is 5.10 Å². The number of nitrogens with zero attached hydrogens (tertiary/aromatic N) is 1. The topological polar surface area (TPSA) is 40.7 Å². The predicted molar refractivity (Wildman–Crippen MR) is 74.6 cm³/mol. The second-order valence-corrected chi connectivity index (χ2v) is 5.88. The van der Waals surface area contributed by atoms with E-state index in [-0.39, 0.29) is 0 Å². The first-order valence-corrected chi connectivity index (χ1v) is 6.86. The van der Waals surface area contributed by atoms with E-state index in [0.717, 1.165) is 24.9 Å². The van der Waals surface area contributed by atoms with Gasteiger partial charge in [-0.05, 0) is 42.9 Å². The molecule has 3 heteroatoms. The molecule has 1 unspecified atom stereocenters. The zero-order chi connectivity index (χ0) is 12.7. The molecule has 0 amide bonds. The van der Waals surface area contributed by atoms with E-state index in [9.17, 15) is 0 Å². The third-order valence-electron chi connectivity index (χ3n) is 3.76. The average Bonchev–Trinajstić information content (AvgIpc) is 2.72. The molecule has 2 aromatic rings. The highest BCUT2D eigenvalue weighted by molar-refractivity contribution is 5.86. The number of hydrogen-bond acceptors (Lipinski definition) is 2. The highest BCUT2D eigenvalue weighted by Crippen LogP contribution is 2.29. The van der Waals surface area contributed by atoms with E-state index in [4.69, 9.17) is 0 Å². The molecule has 0 radical (unpaired) electrons. The molecule has 18 heavy (non-hydrogen) atoms. The van der Waals surface area contributed by atoms with Crippen LogP contribution in [0.4, 0.5) is 0 Å². The Morgan fingerprint density at radius 1 is 1.39 bits per heavy atom. The van der Waals surface area contributed by atoms with Crippen LogP contribution in [0.3, 0.4) is 0 Å². The van der Waals surface area contributed by atoms with Gasteiger partial charge in [-0.25, -0.2) is 0 Å². The Kier molecular flexibility index (Phi) is 2.86. The molecule has 0 bridgehead atoms. The minimum atomic E-state index is 0.560. The van der Waals surface area contributed by atoms with Gasteiger partial charge in [-0.15, -0.1) is 0 Å². The zero-order valence-corrected chi connectivity index (χ0v) is 11.4. The van der Waals surface area contributed by atoms with Gasteiger partial charge in [-0.3, -0.25) is 5.10 Å². The smallest absolute Gasteiger partial charge is 0.0926 e. The van der Waals surface area contributed by atoms with Crippen LogP contribution in [0.1, 0.15) is 37.6 Å². The molecular weight excluding hydrogens is 222 g/mol. The average molecular weight is 243 g/mol. The highest BCUT2D eigenvalue weighted by Gasteiger charge is 2.20. The molecule has 1 aliphatic rings. The van der Waals surface area contributed by atoms with Gasteiger partial charge in [0.2, 0.25) is 0 Å². The van der Waals surface area contributed by atoms with Crippen LogP contribution in [0.15, 0.2) is 12.1 Å². The normalized spacial score (nSPS) is 19.4. The van der Waals surface area contributed by atoms with Crippen molar-refractivity contribution in [3.63, 3.8) is 0 Å². The van der Waals surface area contributed by atoms with Gasteiger partial charge >= 0.3 is 0 Å². The molecule has 0 aliphatic carbocycles. The van der Waals surface area contributed by atoms with Gasteiger partial charge in [0, 0.05) is 23.7 Å². The molecule has 1 aromatic carbocycles. The van der Waals surface area contributed by atoms with Crippen molar-refractivity contribution >= 4 is 10.9 Å². The summed E-state index contributed by atoms with van der Waals surface area (Å²) in [5.74, 6) is 0.656. The Balaban J connectivity index is 2.16. The molecule has 0 saturated carbocycles. The van der Waals surface area contributed by atoms with Gasteiger partial charge in [0.25, 0.3) is 0 Å². The van der Waals surface area contributed by atoms with Crippen molar-refractivity contribution in [1.82, 2.24) is 15.5 Å². The molecule has 1 aromatic heterocycles. The fourth-order valence-electron chi connectivity index (χ4n) is 2.91. The van der Waals surface area contributed by atoms with Crippen LogP contribution in [-0.4, -0.2) is 16.2 Å². The fourth-order valence-corrected chi connectivity index (χ4v) is 2.91. The Labute approximate surface area is 108 Å². The molecule has 1 atom stereocenters. The summed E-state index contributed by atoms with van der Waals surface area (Å²) in [6.07, 6.45) is 2.19. The molecule has 3 rings (SSSR count). The van der Waals surface area contributed by atoms with Crippen LogP contribution in [0, 0.1) is 5.92 Å². The van der Waals surface area contributed by atoms with Gasteiger partial charge in [0.05, 0.1) is 5.52 Å². The van der Waals surface area contributed by atoms with Gasteiger partial charge < -0.3 is 5.32 Å². The second-order valence-electron chi connectivity index (χ2n) is 5.88. The van der Waals surface area contributed by atoms with E-state index in [1.54, 1.807) is 0 Å². The van der Waals surface area contributed by atoms with Crippen LogP contribution in [0.5, 0.6) is 0 Å². The molecule has 2 heterocycles. The van der Waals surface area contributed by atoms with Crippen LogP contribution in [0.2, 0.25) is 0 Å². The zero-order valence-electron chi connectivity index (χ0n) is 11.4. The lowest BCUT2D eigenvalue weighted by Crippen LogP contribution is -2.32. The molecule has 0 saturated heterocycles. The lowest BCUT2D eigenvalue weighted by atomic mass is 9.91. The van der Waals surface area contributed by atoms with Crippen LogP contribution in [-0.2, 0) is 19.4 Å². The quantitative estimate of drug-likeness (QED) is 0.851. The summed E-state index contributed by atoms with van der Waals surface area (Å²) in [4.78, 5) is 0. The molecule has 2 N–H and O–H groups in total. The maximum absolute atomic E-state index is 4.46. The molecule has 1 aliphatic heterocycles. The number of fused-ring (bicyclic) bond motifs is 3. The molecule has 0 spiro atoms.